The van der Waals surface area contributed by atoms with E-state index >= 15 is 0 Å². The van der Waals surface area contributed by atoms with Crippen LogP contribution in [0, 0.1) is 202 Å². The molecular weight excluding hydrogens is 1740 g/mol. The lowest BCUT2D eigenvalue weighted by molar-refractivity contribution is -0.237. The predicted octanol–water partition coefficient (Wildman–Crippen LogP) is 20.6. The molecule has 21 rings (SSSR count). The maximum atomic E-state index is 13.7. The Labute approximate surface area is 828 Å². The van der Waals surface area contributed by atoms with Crippen molar-refractivity contribution in [3.8, 4) is 0 Å². The fourth-order valence-corrected chi connectivity index (χ4v) is 41.5. The number of fused-ring (bicyclic) bond motifs is 25. The summed E-state index contributed by atoms with van der Waals surface area (Å²) in [5.41, 5.74) is 8.10. The van der Waals surface area contributed by atoms with Crippen LogP contribution in [0.15, 0.2) is 29.1 Å². The second-order valence-corrected chi connectivity index (χ2v) is 54.4. The number of allylic oxidation sites excluding steroid dienone is 1. The molecule has 0 aromatic heterocycles. The van der Waals surface area contributed by atoms with Crippen molar-refractivity contribution in [1.29, 1.82) is 0 Å². The van der Waals surface area contributed by atoms with Crippen LogP contribution in [0.2, 0.25) is 0 Å². The molecule has 0 bridgehead atoms. The first-order valence-electron chi connectivity index (χ1n) is 56.3. The number of aliphatic hydroxyl groups is 8. The molecule has 20 aliphatic carbocycles. The highest BCUT2D eigenvalue weighted by atomic mass is 32.1. The molecule has 137 heavy (non-hydrogen) atoms. The van der Waals surface area contributed by atoms with Crippen LogP contribution in [0.5, 0.6) is 0 Å². The van der Waals surface area contributed by atoms with Gasteiger partial charge in [-0.1, -0.05) is 82.7 Å². The highest BCUT2D eigenvalue weighted by Gasteiger charge is 2.74. The van der Waals surface area contributed by atoms with Crippen LogP contribution in [0.1, 0.15) is 392 Å². The molecule has 11 N–H and O–H groups in total. The average molecular weight is 1920 g/mol. The number of rotatable bonds is 13. The van der Waals surface area contributed by atoms with Crippen molar-refractivity contribution in [3.63, 3.8) is 0 Å². The minimum Gasteiger partial charge on any atom is -0.490 e. The van der Waals surface area contributed by atoms with Crippen molar-refractivity contribution < 1.29 is 79.1 Å². The van der Waals surface area contributed by atoms with Crippen molar-refractivity contribution in [2.75, 3.05) is 13.7 Å². The summed E-state index contributed by atoms with van der Waals surface area (Å²) in [5, 5.41) is 91.3. The van der Waals surface area contributed by atoms with Crippen LogP contribution >= 0.6 is 12.2 Å². The van der Waals surface area contributed by atoms with Crippen molar-refractivity contribution >= 4 is 58.4 Å². The van der Waals surface area contributed by atoms with Crippen LogP contribution in [-0.2, 0) is 38.2 Å². The summed E-state index contributed by atoms with van der Waals surface area (Å²) in [5.74, 6) is 14.7. The Morgan fingerprint density at radius 2 is 0.964 bits per heavy atom. The fraction of sp³-hybridized carbons (Fsp3) is 0.897. The molecule has 20 fully saturated rings. The van der Waals surface area contributed by atoms with E-state index in [1.165, 1.54) is 109 Å². The molecule has 43 atom stereocenters. The number of thiocarbonyl (C=S) groups is 1. The van der Waals surface area contributed by atoms with Gasteiger partial charge in [0.2, 0.25) is 0 Å². The van der Waals surface area contributed by atoms with Crippen LogP contribution < -0.4 is 11.2 Å². The van der Waals surface area contributed by atoms with Gasteiger partial charge in [0.15, 0.2) is 5.11 Å². The summed E-state index contributed by atoms with van der Waals surface area (Å²) >= 11 is 4.92. The first kappa shape index (κ1) is 105. The number of aliphatic hydroxyl groups excluding tert-OH is 6. The molecule has 29 unspecified atom stereocenters. The Balaban J connectivity index is 0.000000119. The molecule has 0 aromatic rings. The minimum atomic E-state index is -1.06. The van der Waals surface area contributed by atoms with E-state index < -0.39 is 28.8 Å². The number of ketones is 5. The molecule has 0 saturated heterocycles. The van der Waals surface area contributed by atoms with Crippen molar-refractivity contribution in [1.82, 2.24) is 5.43 Å². The molecule has 20 saturated carbocycles. The fourth-order valence-electron chi connectivity index (χ4n) is 41.5. The maximum Gasteiger partial charge on any atom is 0.305 e. The van der Waals surface area contributed by atoms with Gasteiger partial charge in [0.05, 0.1) is 54.9 Å². The molecule has 1 aliphatic heterocycles. The standard InChI is InChI=1S/C25H37N3O4S.C25H40O5.C25H40O3.2C21H34O2/c1-15-11-16(13-32-15)18-6-10-25(31)20-5-9-24(30)12-17(29)3-8-23(24,14-27-28-21(26)33)19(20)4-7-22(18,25)2;1-14(5-8-22(29)30-4)17-6-7-18-23-19(13-21(28)25(17,18)3)24(2)10-9-16(26)11-15(24)12-20(23)27;1-15(5-6-16(2)26)20-9-10-21-19-8-7-17-13-18(27)11-12-24(17,3)22(19)14-23(28)25(20,21)4;2*1-13(22)17-6-7-18-16-5-4-14-12-15(23)8-10-20(14,2)19(16)9-11-21(17,18)3/h11,14,17-20,29-31H,1,3-10,12-13H2,2H3,(H3,26,28,33);14-19,21,23,26,28H,5-13H2,1-4H3;15,17-22,27H,5-14H2,1-4H3;2*14-19,23H,4-12H2,1-3H3/b27-14+;;;;/t17-,18?,19+,20-,22?,23?,24?,25?;14?,15?,16-,17?,18?,19?,21+,23?,24+,25-;15?,17?,18-,19?,20?,21?,22?,24+,25-;14?,15-,16?,17?,18?,19?,20+,21-;14-,15?,16?,17?,18?,19?,20?,21?/m11110/s1. The van der Waals surface area contributed by atoms with Gasteiger partial charge in [-0.2, -0.15) is 5.10 Å². The van der Waals surface area contributed by atoms with Gasteiger partial charge in [-0.3, -0.25) is 29.4 Å². The second kappa shape index (κ2) is 39.1. The number of hydrazone groups is 1. The molecule has 0 radical (unpaired) electrons. The summed E-state index contributed by atoms with van der Waals surface area (Å²) in [6, 6.07) is 0. The van der Waals surface area contributed by atoms with Crippen LogP contribution in [0.4, 0.5) is 0 Å². The number of hydrogen-bond acceptors (Lipinski definition) is 18. The maximum absolute atomic E-state index is 13.7. The van der Waals surface area contributed by atoms with Gasteiger partial charge in [-0.25, -0.2) is 0 Å². The molecule has 21 aliphatic rings. The third kappa shape index (κ3) is 17.6. The van der Waals surface area contributed by atoms with Gasteiger partial charge in [0.25, 0.3) is 0 Å². The molecule has 20 heteroatoms. The molecule has 0 spiro atoms. The normalized spacial score (nSPS) is 51.3. The second-order valence-electron chi connectivity index (χ2n) is 54.0. The van der Waals surface area contributed by atoms with Gasteiger partial charge in [-0.05, 0) is 471 Å². The Morgan fingerprint density at radius 3 is 1.48 bits per heavy atom. The zero-order valence-corrected chi connectivity index (χ0v) is 88.1. The Bertz CT molecular complexity index is 4440. The lowest BCUT2D eigenvalue weighted by atomic mass is 9.41. The van der Waals surface area contributed by atoms with Crippen molar-refractivity contribution in [2.45, 2.75) is 440 Å². The molecule has 770 valence electrons. The van der Waals surface area contributed by atoms with E-state index in [-0.39, 0.29) is 121 Å². The first-order valence-corrected chi connectivity index (χ1v) is 56.8. The van der Waals surface area contributed by atoms with E-state index in [1.807, 2.05) is 20.1 Å². The van der Waals surface area contributed by atoms with Crippen molar-refractivity contribution in [3.05, 3.63) is 24.0 Å². The molecule has 19 nitrogen and oxygen atoms in total. The third-order valence-corrected chi connectivity index (χ3v) is 49.1. The summed E-state index contributed by atoms with van der Waals surface area (Å²) in [6.45, 7) is 35.8. The van der Waals surface area contributed by atoms with E-state index in [4.69, 9.17) is 27.4 Å². The van der Waals surface area contributed by atoms with Gasteiger partial charge in [0, 0.05) is 77.7 Å². The number of hydrogen-bond donors (Lipinski definition) is 10. The van der Waals surface area contributed by atoms with Crippen LogP contribution in [0.25, 0.3) is 0 Å². The zero-order valence-electron chi connectivity index (χ0n) is 87.3. The lowest BCUT2D eigenvalue weighted by Crippen LogP contribution is -2.68. The van der Waals surface area contributed by atoms with E-state index in [1.54, 1.807) is 6.92 Å². The van der Waals surface area contributed by atoms with E-state index in [2.05, 4.69) is 99.3 Å². The number of carbonyl (C=O) groups excluding carboxylic acids is 6. The van der Waals surface area contributed by atoms with Crippen LogP contribution in [-0.4, -0.2) is 149 Å². The smallest absolute Gasteiger partial charge is 0.305 e. The average Bonchev–Trinajstić information content (AvgIpc) is 1.60. The number of esters is 1. The Hall–Kier alpha value is -3.86. The summed E-state index contributed by atoms with van der Waals surface area (Å²) in [4.78, 5) is 74.6. The monoisotopic (exact) mass is 1920 g/mol. The van der Waals surface area contributed by atoms with Crippen LogP contribution in [0.3, 0.4) is 0 Å². The highest BCUT2D eigenvalue weighted by molar-refractivity contribution is 7.80. The summed E-state index contributed by atoms with van der Waals surface area (Å²) in [7, 11) is 1.43. The quantitative estimate of drug-likeness (QED) is 0.0354. The number of Topliss-reactive ketones (excluding diaryl/α,β-unsaturated/α-hetero) is 5. The topological polar surface area (TPSA) is 333 Å². The number of nitrogens with two attached hydrogens (primary N) is 1. The Morgan fingerprint density at radius 1 is 0.504 bits per heavy atom. The number of ether oxygens (including phenoxy) is 2. The van der Waals surface area contributed by atoms with Gasteiger partial charge in [-0.15, -0.1) is 0 Å². The van der Waals surface area contributed by atoms with E-state index in [9.17, 15) is 69.6 Å². The van der Waals surface area contributed by atoms with E-state index in [0.717, 1.165) is 195 Å². The minimum absolute atomic E-state index is 0.0488. The molecular formula is C117H185N3O16S. The Kier molecular flexibility index (Phi) is 29.8. The number of nitrogens with zero attached hydrogens (tertiary/aromatic N) is 1. The summed E-state index contributed by atoms with van der Waals surface area (Å²) < 4.78 is 10.5. The molecule has 0 amide bonds. The SMILES string of the molecule is C=C1C=C(C2CCC3(O)[C@@H]4CCC5(O)C[C@H](O)CCC5(/C=N/NC(N)=S)[C@H]4CCC23C)CO1.CC(=O)C1CCC2C3CCC4C[C@H](O)CC[C@]4(C)C3CC[C@]12C.CC(=O)C1CCC2C3CC[C@H]4CC(O)CCC4(C)C3CCC12C.CC(=O)CCC(C)C1CCC2C3CCC4C[C@H](O)CC[C@]4(C)C3CC(=O)[C@]12C.COC(=O)CCC(C)C1CCC2C3C(=O)CC4C[C@H](O)CC[C@]4(C)C3C[C@H](O)[C@]12C. The predicted molar refractivity (Wildman–Crippen MR) is 538 cm³/mol. The summed E-state index contributed by atoms with van der Waals surface area (Å²) in [6.07, 6.45) is 47.8. The van der Waals surface area contributed by atoms with Gasteiger partial charge in [0.1, 0.15) is 41.3 Å². The van der Waals surface area contributed by atoms with Crippen molar-refractivity contribution in [2.24, 2.45) is 213 Å². The molecule has 0 aromatic carbocycles. The van der Waals surface area contributed by atoms with Gasteiger partial charge >= 0.3 is 5.97 Å². The zero-order chi connectivity index (χ0) is 98.6. The molecule has 1 heterocycles. The highest BCUT2D eigenvalue weighted by Crippen LogP contribution is 2.76. The number of methoxy groups -OCH3 is 1. The number of carbonyl (C=O) groups is 6. The lowest BCUT2D eigenvalue weighted by Gasteiger charge is -2.65. The third-order valence-electron chi connectivity index (χ3n) is 49.0. The number of nitrogens with one attached hydrogen (secondary N) is 1. The largest absolute Gasteiger partial charge is 0.490 e. The van der Waals surface area contributed by atoms with E-state index in [0.29, 0.717) is 157 Å². The first-order chi connectivity index (χ1) is 64.6. The van der Waals surface area contributed by atoms with Gasteiger partial charge < -0.3 is 60.9 Å².